The molecule has 1 N–H and O–H groups in total. The van der Waals surface area contributed by atoms with Crippen LogP contribution in [-0.4, -0.2) is 52.1 Å². The van der Waals surface area contributed by atoms with E-state index < -0.39 is 11.5 Å². The first-order valence-corrected chi connectivity index (χ1v) is 6.41. The summed E-state index contributed by atoms with van der Waals surface area (Å²) in [4.78, 5) is 26.3. The monoisotopic (exact) mass is 258 g/mol. The third-order valence-electron chi connectivity index (χ3n) is 3.13. The molecule has 0 radical (unpaired) electrons. The molecule has 0 fully saturated rings. The summed E-state index contributed by atoms with van der Waals surface area (Å²) in [6, 6.07) is -0.0743. The lowest BCUT2D eigenvalue weighted by molar-refractivity contribution is -0.138. The third-order valence-corrected chi connectivity index (χ3v) is 3.13. The van der Waals surface area contributed by atoms with Gasteiger partial charge in [-0.2, -0.15) is 0 Å². The summed E-state index contributed by atoms with van der Waals surface area (Å²) in [6.45, 7) is 9.30. The maximum atomic E-state index is 12.4. The van der Waals surface area contributed by atoms with Gasteiger partial charge in [0.2, 0.25) is 0 Å². The highest BCUT2D eigenvalue weighted by Crippen LogP contribution is 2.17. The van der Waals surface area contributed by atoms with Crippen molar-refractivity contribution in [2.24, 2.45) is 0 Å². The molecular formula is C13H26N2O3. The molecule has 0 aliphatic rings. The third kappa shape index (κ3) is 4.55. The first-order valence-electron chi connectivity index (χ1n) is 6.41. The van der Waals surface area contributed by atoms with E-state index in [0.717, 1.165) is 12.8 Å². The highest BCUT2D eigenvalue weighted by molar-refractivity contribution is 5.80. The highest BCUT2D eigenvalue weighted by Gasteiger charge is 2.32. The first kappa shape index (κ1) is 16.7. The number of carboxylic acids is 1. The fourth-order valence-corrected chi connectivity index (χ4v) is 1.91. The highest BCUT2D eigenvalue weighted by atomic mass is 16.4. The van der Waals surface area contributed by atoms with Gasteiger partial charge in [-0.05, 0) is 33.6 Å². The molecule has 106 valence electrons. The molecule has 0 aliphatic carbocycles. The van der Waals surface area contributed by atoms with E-state index in [-0.39, 0.29) is 18.6 Å². The fraction of sp³-hybridized carbons (Fsp3) is 0.846. The van der Waals surface area contributed by atoms with Gasteiger partial charge in [0, 0.05) is 18.6 Å². The number of carboxylic acid groups (broad SMARTS) is 1. The zero-order chi connectivity index (χ0) is 14.5. The van der Waals surface area contributed by atoms with E-state index in [4.69, 9.17) is 5.11 Å². The maximum Gasteiger partial charge on any atom is 0.323 e. The van der Waals surface area contributed by atoms with Crippen LogP contribution in [-0.2, 0) is 4.79 Å². The smallest absolute Gasteiger partial charge is 0.323 e. The van der Waals surface area contributed by atoms with Gasteiger partial charge in [0.05, 0.1) is 0 Å². The number of carbonyl (C=O) groups is 2. The topological polar surface area (TPSA) is 60.9 Å². The molecule has 0 spiro atoms. The van der Waals surface area contributed by atoms with Crippen molar-refractivity contribution in [3.63, 3.8) is 0 Å². The van der Waals surface area contributed by atoms with Crippen LogP contribution in [0.15, 0.2) is 0 Å². The minimum Gasteiger partial charge on any atom is -0.480 e. The lowest BCUT2D eigenvalue weighted by Gasteiger charge is -2.39. The van der Waals surface area contributed by atoms with Crippen LogP contribution in [0.25, 0.3) is 0 Å². The zero-order valence-corrected chi connectivity index (χ0v) is 12.4. The number of hydrogen-bond donors (Lipinski definition) is 1. The normalized spacial score (nSPS) is 11.5. The van der Waals surface area contributed by atoms with Crippen LogP contribution >= 0.6 is 0 Å². The minimum atomic E-state index is -0.990. The van der Waals surface area contributed by atoms with Crippen LogP contribution in [0.4, 0.5) is 4.79 Å². The molecule has 0 saturated heterocycles. The Labute approximate surface area is 110 Å². The van der Waals surface area contributed by atoms with Gasteiger partial charge in [-0.25, -0.2) is 4.79 Å². The van der Waals surface area contributed by atoms with Crippen LogP contribution in [0, 0.1) is 0 Å². The van der Waals surface area contributed by atoms with Gasteiger partial charge in [0.15, 0.2) is 0 Å². The largest absolute Gasteiger partial charge is 0.480 e. The van der Waals surface area contributed by atoms with Crippen LogP contribution in [0.2, 0.25) is 0 Å². The van der Waals surface area contributed by atoms with Crippen LogP contribution in [0.5, 0.6) is 0 Å². The second-order valence-electron chi connectivity index (χ2n) is 5.51. The number of aliphatic carboxylic acids is 1. The number of carbonyl (C=O) groups excluding carboxylic acids is 1. The number of hydrogen-bond acceptors (Lipinski definition) is 2. The molecule has 5 nitrogen and oxygen atoms in total. The lowest BCUT2D eigenvalue weighted by Crippen LogP contribution is -2.54. The van der Waals surface area contributed by atoms with E-state index in [9.17, 15) is 9.59 Å². The molecule has 0 bridgehead atoms. The van der Waals surface area contributed by atoms with E-state index in [2.05, 4.69) is 0 Å². The van der Waals surface area contributed by atoms with Crippen molar-refractivity contribution >= 4 is 12.0 Å². The van der Waals surface area contributed by atoms with Crippen molar-refractivity contribution in [1.29, 1.82) is 0 Å². The maximum absolute atomic E-state index is 12.4. The summed E-state index contributed by atoms with van der Waals surface area (Å²) in [5.41, 5.74) is -0.504. The average molecular weight is 258 g/mol. The van der Waals surface area contributed by atoms with E-state index in [0.29, 0.717) is 0 Å². The molecule has 0 rings (SSSR count). The average Bonchev–Trinajstić information content (AvgIpc) is 2.24. The van der Waals surface area contributed by atoms with Gasteiger partial charge < -0.3 is 14.9 Å². The second-order valence-corrected chi connectivity index (χ2v) is 5.51. The quantitative estimate of drug-likeness (QED) is 0.823. The Hall–Kier alpha value is -1.26. The zero-order valence-electron chi connectivity index (χ0n) is 12.4. The molecule has 18 heavy (non-hydrogen) atoms. The Balaban J connectivity index is 5.01. The molecule has 0 heterocycles. The van der Waals surface area contributed by atoms with Gasteiger partial charge in [-0.1, -0.05) is 13.8 Å². The van der Waals surface area contributed by atoms with E-state index in [1.807, 2.05) is 34.6 Å². The molecule has 0 atom stereocenters. The van der Waals surface area contributed by atoms with Crippen LogP contribution in [0.3, 0.4) is 0 Å². The Morgan fingerprint density at radius 1 is 1.17 bits per heavy atom. The van der Waals surface area contributed by atoms with Gasteiger partial charge in [0.25, 0.3) is 0 Å². The minimum absolute atomic E-state index is 0.149. The van der Waals surface area contributed by atoms with Gasteiger partial charge >= 0.3 is 12.0 Å². The first-order chi connectivity index (χ1) is 8.15. The summed E-state index contributed by atoms with van der Waals surface area (Å²) in [6.07, 6.45) is 1.73. The SMILES string of the molecule is CCC(CC)N(C)C(=O)N(CC(=O)O)C(C)(C)C. The Morgan fingerprint density at radius 2 is 1.61 bits per heavy atom. The Morgan fingerprint density at radius 3 is 1.89 bits per heavy atom. The molecule has 0 saturated carbocycles. The van der Waals surface area contributed by atoms with Gasteiger partial charge in [-0.3, -0.25) is 4.79 Å². The van der Waals surface area contributed by atoms with Crippen molar-refractivity contribution in [3.8, 4) is 0 Å². The van der Waals surface area contributed by atoms with E-state index >= 15 is 0 Å². The lowest BCUT2D eigenvalue weighted by atomic mass is 10.1. The van der Waals surface area contributed by atoms with Crippen molar-refractivity contribution in [3.05, 3.63) is 0 Å². The second kappa shape index (κ2) is 6.61. The van der Waals surface area contributed by atoms with Gasteiger partial charge in [0.1, 0.15) is 6.54 Å². The Bertz CT molecular complexity index is 293. The number of rotatable bonds is 5. The molecular weight excluding hydrogens is 232 g/mol. The molecule has 0 aromatic carbocycles. The van der Waals surface area contributed by atoms with E-state index in [1.54, 1.807) is 11.9 Å². The summed E-state index contributed by atoms with van der Waals surface area (Å²) in [5, 5.41) is 8.92. The summed E-state index contributed by atoms with van der Waals surface area (Å²) in [7, 11) is 1.74. The molecule has 2 amide bonds. The van der Waals surface area contributed by atoms with Crippen molar-refractivity contribution in [2.45, 2.75) is 59.0 Å². The molecule has 0 aromatic heterocycles. The van der Waals surface area contributed by atoms with Crippen LogP contribution in [0.1, 0.15) is 47.5 Å². The summed E-state index contributed by atoms with van der Waals surface area (Å²) >= 11 is 0. The number of amides is 2. The standard InChI is InChI=1S/C13H26N2O3/c1-7-10(8-2)14(6)12(18)15(9-11(16)17)13(3,4)5/h10H,7-9H2,1-6H3,(H,16,17). The molecule has 0 aromatic rings. The van der Waals surface area contributed by atoms with Crippen LogP contribution < -0.4 is 0 Å². The number of nitrogens with zero attached hydrogens (tertiary/aromatic N) is 2. The predicted molar refractivity (Wildman–Crippen MR) is 71.6 cm³/mol. The summed E-state index contributed by atoms with van der Waals surface area (Å²) < 4.78 is 0. The predicted octanol–water partition coefficient (Wildman–Crippen LogP) is 2.41. The number of urea groups is 1. The summed E-state index contributed by atoms with van der Waals surface area (Å²) in [5.74, 6) is -0.990. The molecule has 0 unspecified atom stereocenters. The molecule has 5 heteroatoms. The fourth-order valence-electron chi connectivity index (χ4n) is 1.91. The van der Waals surface area contributed by atoms with Crippen molar-refractivity contribution in [1.82, 2.24) is 9.80 Å². The molecule has 0 aliphatic heterocycles. The van der Waals surface area contributed by atoms with E-state index in [1.165, 1.54) is 4.90 Å². The van der Waals surface area contributed by atoms with Crippen molar-refractivity contribution < 1.29 is 14.7 Å². The Kier molecular flexibility index (Phi) is 6.15. The van der Waals surface area contributed by atoms with Gasteiger partial charge in [-0.15, -0.1) is 0 Å². The van der Waals surface area contributed by atoms with Crippen molar-refractivity contribution in [2.75, 3.05) is 13.6 Å².